The lowest BCUT2D eigenvalue weighted by Crippen LogP contribution is -2.56. The number of aromatic nitrogens is 1. The highest BCUT2D eigenvalue weighted by molar-refractivity contribution is 5.46. The molecule has 1 aliphatic rings. The number of hydrogen-bond acceptors (Lipinski definition) is 3. The fraction of sp³-hybridized carbons (Fsp3) is 0.667. The first-order valence-electron chi connectivity index (χ1n) is 6.99. The molecule has 3 heteroatoms. The highest BCUT2D eigenvalue weighted by atomic mass is 15.2. The topological polar surface area (TPSA) is 28.2 Å². The maximum absolute atomic E-state index is 4.41. The van der Waals surface area contributed by atoms with Gasteiger partial charge in [0.1, 0.15) is 0 Å². The third-order valence-electron chi connectivity index (χ3n) is 3.63. The van der Waals surface area contributed by atoms with Crippen molar-refractivity contribution in [3.05, 3.63) is 24.0 Å². The molecule has 0 radical (unpaired) electrons. The molecule has 100 valence electrons. The van der Waals surface area contributed by atoms with Gasteiger partial charge in [-0.3, -0.25) is 4.98 Å². The molecule has 1 aromatic heterocycles. The second kappa shape index (κ2) is 5.70. The van der Waals surface area contributed by atoms with Crippen LogP contribution in [0, 0.1) is 12.8 Å². The minimum absolute atomic E-state index is 0.540. The fourth-order valence-electron chi connectivity index (χ4n) is 2.65. The largest absolute Gasteiger partial charge is 0.365 e. The predicted octanol–water partition coefficient (Wildman–Crippen LogP) is 2.60. The number of hydrogen-bond donors (Lipinski definition) is 1. The second-order valence-corrected chi connectivity index (χ2v) is 5.89. The van der Waals surface area contributed by atoms with Crippen LogP contribution in [0.25, 0.3) is 0 Å². The average Bonchev–Trinajstić information content (AvgIpc) is 2.32. The van der Waals surface area contributed by atoms with Gasteiger partial charge >= 0.3 is 0 Å². The van der Waals surface area contributed by atoms with Crippen LogP contribution in [0.3, 0.4) is 0 Å². The summed E-state index contributed by atoms with van der Waals surface area (Å²) in [6.45, 7) is 11.0. The summed E-state index contributed by atoms with van der Waals surface area (Å²) in [4.78, 5) is 6.89. The van der Waals surface area contributed by atoms with Crippen LogP contribution >= 0.6 is 0 Å². The molecule has 0 amide bonds. The summed E-state index contributed by atoms with van der Waals surface area (Å²) in [5.41, 5.74) is 2.34. The zero-order valence-corrected chi connectivity index (χ0v) is 12.0. The van der Waals surface area contributed by atoms with E-state index in [-0.39, 0.29) is 0 Å². The van der Waals surface area contributed by atoms with Gasteiger partial charge in [0.25, 0.3) is 0 Å². The molecule has 0 saturated carbocycles. The van der Waals surface area contributed by atoms with Crippen molar-refractivity contribution in [2.45, 2.75) is 46.2 Å². The van der Waals surface area contributed by atoms with Crippen molar-refractivity contribution in [1.29, 1.82) is 0 Å². The monoisotopic (exact) mass is 247 g/mol. The Morgan fingerprint density at radius 1 is 1.44 bits per heavy atom. The Hall–Kier alpha value is -1.09. The Morgan fingerprint density at radius 3 is 2.83 bits per heavy atom. The van der Waals surface area contributed by atoms with Crippen LogP contribution < -0.4 is 10.2 Å². The molecule has 2 heterocycles. The first kappa shape index (κ1) is 13.3. The number of aryl methyl sites for hydroxylation is 1. The first-order chi connectivity index (χ1) is 8.56. The van der Waals surface area contributed by atoms with E-state index in [4.69, 9.17) is 0 Å². The van der Waals surface area contributed by atoms with Crippen molar-refractivity contribution >= 4 is 5.69 Å². The second-order valence-electron chi connectivity index (χ2n) is 5.89. The van der Waals surface area contributed by atoms with E-state index in [0.717, 1.165) is 24.7 Å². The molecule has 3 nitrogen and oxygen atoms in total. The van der Waals surface area contributed by atoms with Gasteiger partial charge in [-0.15, -0.1) is 0 Å². The van der Waals surface area contributed by atoms with Crippen molar-refractivity contribution in [1.82, 2.24) is 10.3 Å². The van der Waals surface area contributed by atoms with Crippen molar-refractivity contribution in [2.24, 2.45) is 5.92 Å². The Labute approximate surface area is 111 Å². The van der Waals surface area contributed by atoms with Crippen LogP contribution in [0.4, 0.5) is 5.69 Å². The van der Waals surface area contributed by atoms with E-state index in [1.807, 2.05) is 13.1 Å². The summed E-state index contributed by atoms with van der Waals surface area (Å²) in [6, 6.07) is 5.43. The van der Waals surface area contributed by atoms with Gasteiger partial charge in [-0.1, -0.05) is 13.8 Å². The van der Waals surface area contributed by atoms with Crippen molar-refractivity contribution in [2.75, 3.05) is 18.0 Å². The molecule has 18 heavy (non-hydrogen) atoms. The highest BCUT2D eigenvalue weighted by Crippen LogP contribution is 2.21. The van der Waals surface area contributed by atoms with Crippen LogP contribution in [-0.2, 0) is 0 Å². The van der Waals surface area contributed by atoms with E-state index in [2.05, 4.69) is 48.1 Å². The normalized spacial score (nSPS) is 24.6. The average molecular weight is 247 g/mol. The molecule has 1 N–H and O–H groups in total. The van der Waals surface area contributed by atoms with E-state index in [1.54, 1.807) is 0 Å². The molecule has 0 bridgehead atoms. The Balaban J connectivity index is 2.07. The third kappa shape index (κ3) is 3.22. The number of rotatable bonds is 3. The maximum atomic E-state index is 4.41. The number of pyridine rings is 1. The molecule has 1 aliphatic heterocycles. The van der Waals surface area contributed by atoms with Crippen LogP contribution in [-0.4, -0.2) is 30.2 Å². The number of piperazine rings is 1. The molecule has 1 aromatic rings. The van der Waals surface area contributed by atoms with E-state index < -0.39 is 0 Å². The van der Waals surface area contributed by atoms with Crippen molar-refractivity contribution < 1.29 is 0 Å². The summed E-state index contributed by atoms with van der Waals surface area (Å²) in [5.74, 6) is 0.744. The number of nitrogens with zero attached hydrogens (tertiary/aromatic N) is 2. The Morgan fingerprint density at radius 2 is 2.22 bits per heavy atom. The van der Waals surface area contributed by atoms with Gasteiger partial charge in [0, 0.05) is 30.9 Å². The van der Waals surface area contributed by atoms with Gasteiger partial charge in [-0.2, -0.15) is 0 Å². The zero-order valence-electron chi connectivity index (χ0n) is 12.0. The van der Waals surface area contributed by atoms with Gasteiger partial charge < -0.3 is 10.2 Å². The van der Waals surface area contributed by atoms with E-state index in [9.17, 15) is 0 Å². The molecule has 1 saturated heterocycles. The minimum Gasteiger partial charge on any atom is -0.365 e. The molecule has 0 spiro atoms. The minimum atomic E-state index is 0.540. The van der Waals surface area contributed by atoms with Crippen LogP contribution in [0.1, 0.15) is 32.9 Å². The lowest BCUT2D eigenvalue weighted by molar-refractivity contribution is 0.356. The molecule has 1 fully saturated rings. The van der Waals surface area contributed by atoms with Crippen LogP contribution in [0.5, 0.6) is 0 Å². The molecule has 0 aliphatic carbocycles. The van der Waals surface area contributed by atoms with E-state index in [1.165, 1.54) is 12.1 Å². The number of anilines is 1. The zero-order chi connectivity index (χ0) is 13.1. The highest BCUT2D eigenvalue weighted by Gasteiger charge is 2.25. The Kier molecular flexibility index (Phi) is 4.23. The van der Waals surface area contributed by atoms with Crippen molar-refractivity contribution in [3.8, 4) is 0 Å². The quantitative estimate of drug-likeness (QED) is 0.890. The van der Waals surface area contributed by atoms with Gasteiger partial charge in [0.05, 0.1) is 11.9 Å². The molecular formula is C15H25N3. The fourth-order valence-corrected chi connectivity index (χ4v) is 2.65. The smallest absolute Gasteiger partial charge is 0.0556 e. The maximum Gasteiger partial charge on any atom is 0.0556 e. The lowest BCUT2D eigenvalue weighted by Gasteiger charge is -2.40. The molecule has 2 rings (SSSR count). The molecule has 0 aromatic carbocycles. The predicted molar refractivity (Wildman–Crippen MR) is 77.0 cm³/mol. The van der Waals surface area contributed by atoms with Gasteiger partial charge in [-0.05, 0) is 38.3 Å². The van der Waals surface area contributed by atoms with Crippen molar-refractivity contribution in [3.63, 3.8) is 0 Å². The lowest BCUT2D eigenvalue weighted by atomic mass is 10.00. The molecule has 2 atom stereocenters. The van der Waals surface area contributed by atoms with Gasteiger partial charge in [0.2, 0.25) is 0 Å². The molecular weight excluding hydrogens is 222 g/mol. The van der Waals surface area contributed by atoms with Crippen LogP contribution in [0.2, 0.25) is 0 Å². The third-order valence-corrected chi connectivity index (χ3v) is 3.63. The summed E-state index contributed by atoms with van der Waals surface area (Å²) in [5, 5.41) is 3.65. The van der Waals surface area contributed by atoms with E-state index in [0.29, 0.717) is 12.1 Å². The summed E-state index contributed by atoms with van der Waals surface area (Å²) >= 11 is 0. The summed E-state index contributed by atoms with van der Waals surface area (Å²) in [7, 11) is 0. The summed E-state index contributed by atoms with van der Waals surface area (Å²) < 4.78 is 0. The van der Waals surface area contributed by atoms with E-state index >= 15 is 0 Å². The first-order valence-corrected chi connectivity index (χ1v) is 6.99. The van der Waals surface area contributed by atoms with Gasteiger partial charge in [-0.25, -0.2) is 0 Å². The van der Waals surface area contributed by atoms with Gasteiger partial charge in [0.15, 0.2) is 0 Å². The summed E-state index contributed by atoms with van der Waals surface area (Å²) in [6.07, 6.45) is 3.24. The standard InChI is InChI=1S/C15H25N3/c1-11(2)7-14-10-18(13(4)8-17-14)15-6-5-12(3)16-9-15/h5-6,9,11,13-14,17H,7-8,10H2,1-4H3. The molecule has 2 unspecified atom stereocenters. The SMILES string of the molecule is Cc1ccc(N2CC(CC(C)C)NCC2C)cn1. The Bertz CT molecular complexity index is 372. The van der Waals surface area contributed by atoms with Crippen LogP contribution in [0.15, 0.2) is 18.3 Å². The number of nitrogens with one attached hydrogen (secondary N) is 1.